The van der Waals surface area contributed by atoms with E-state index in [2.05, 4.69) is 26.6 Å². The number of amides is 8. The van der Waals surface area contributed by atoms with Crippen LogP contribution in [0.2, 0.25) is 0 Å². The molecule has 0 aromatic heterocycles. The molecule has 8 atom stereocenters. The number of hydrogen-bond donors (Lipinski definition) is 9. The van der Waals surface area contributed by atoms with E-state index < -0.39 is 163 Å². The first-order valence-electron chi connectivity index (χ1n) is 21.2. The Morgan fingerprint density at radius 3 is 2.05 bits per heavy atom. The lowest BCUT2D eigenvalue weighted by Crippen LogP contribution is -2.50. The number of nitrogens with two attached hydrogens (primary N) is 3. The lowest BCUT2D eigenvalue weighted by molar-refractivity contribution is -0.137. The molecular weight excluding hydrogens is 837 g/mol. The van der Waals surface area contributed by atoms with Gasteiger partial charge in [-0.05, 0) is 49.8 Å². The zero-order valence-electron chi connectivity index (χ0n) is 36.7. The molecule has 0 radical (unpaired) electrons. The summed E-state index contributed by atoms with van der Waals surface area (Å²) in [5, 5.41) is 22.2. The third-order valence-electron chi connectivity index (χ3n) is 11.0. The van der Waals surface area contributed by atoms with Gasteiger partial charge < -0.3 is 48.9 Å². The zero-order chi connectivity index (χ0) is 48.3. The van der Waals surface area contributed by atoms with E-state index in [0.29, 0.717) is 12.0 Å². The summed E-state index contributed by atoms with van der Waals surface area (Å²) in [7, 11) is 0. The molecule has 21 nitrogen and oxygen atoms in total. The van der Waals surface area contributed by atoms with Crippen LogP contribution in [0.1, 0.15) is 97.5 Å². The minimum absolute atomic E-state index is 0.00867. The summed E-state index contributed by atoms with van der Waals surface area (Å²) >= 11 is 0. The average molecular weight is 899 g/mol. The zero-order valence-corrected chi connectivity index (χ0v) is 36.7. The topological polar surface area (TPSA) is 363 Å². The van der Waals surface area contributed by atoms with Crippen molar-refractivity contribution in [2.75, 3.05) is 13.1 Å². The lowest BCUT2D eigenvalue weighted by Gasteiger charge is -2.28. The first-order chi connectivity index (χ1) is 30.0. The van der Waals surface area contributed by atoms with Gasteiger partial charge >= 0.3 is 0 Å². The van der Waals surface area contributed by atoms with Gasteiger partial charge in [-0.15, -0.1) is 0 Å². The fraction of sp³-hybridized carbons (Fsp3) is 0.581. The van der Waals surface area contributed by atoms with Gasteiger partial charge in [-0.2, -0.15) is 0 Å². The normalized spacial score (nSPS) is 22.3. The van der Waals surface area contributed by atoms with Gasteiger partial charge in [0.15, 0.2) is 23.1 Å². The maximum atomic E-state index is 14.1. The number of phenols is 1. The number of aromatic hydroxyl groups is 1. The fourth-order valence-electron chi connectivity index (χ4n) is 6.95. The molecule has 2 rings (SSSR count). The van der Waals surface area contributed by atoms with Gasteiger partial charge in [-0.1, -0.05) is 39.3 Å². The van der Waals surface area contributed by atoms with Crippen LogP contribution in [0.5, 0.6) is 5.75 Å². The largest absolute Gasteiger partial charge is 0.508 e. The molecule has 352 valence electrons. The highest BCUT2D eigenvalue weighted by Crippen LogP contribution is 2.23. The minimum atomic E-state index is -1.66. The van der Waals surface area contributed by atoms with Crippen LogP contribution in [-0.2, 0) is 64.0 Å². The summed E-state index contributed by atoms with van der Waals surface area (Å²) in [6.07, 6.45) is -3.82. The van der Waals surface area contributed by atoms with E-state index in [-0.39, 0.29) is 37.9 Å². The molecule has 1 saturated heterocycles. The molecule has 1 aliphatic heterocycles. The quantitative estimate of drug-likeness (QED) is 0.0855. The third kappa shape index (κ3) is 18.8. The second kappa shape index (κ2) is 26.2. The van der Waals surface area contributed by atoms with Crippen molar-refractivity contribution in [3.63, 3.8) is 0 Å². The molecule has 64 heavy (non-hydrogen) atoms. The Hall–Kier alpha value is -6.54. The maximum Gasteiger partial charge on any atom is 0.236 e. The molecule has 12 N–H and O–H groups in total. The summed E-state index contributed by atoms with van der Waals surface area (Å²) in [5.41, 5.74) is 16.5. The third-order valence-corrected chi connectivity index (χ3v) is 11.0. The Balaban J connectivity index is 2.56. The van der Waals surface area contributed by atoms with Crippen molar-refractivity contribution in [3.05, 3.63) is 29.8 Å². The average Bonchev–Trinajstić information content (AvgIpc) is 3.22. The SMILES string of the molecule is CC[C@H](C)[C@@H]1NC(=O)[C@H](Cc2ccc(O)cc2)CC(=O)CNC(=O)CC[C@@H](C(=O)N[C@@H](C)C(=O)C[C@@H](C)C(=O)NCC(N)=O)CC(=O)[C@H](CC(N)=O)NC(=O)[C@H](CCC(N)=O)CC1=O. The number of carbonyl (C=O) groups excluding carboxylic acids is 12. The van der Waals surface area contributed by atoms with Crippen LogP contribution in [0, 0.1) is 29.6 Å². The molecule has 1 fully saturated rings. The molecule has 8 amide bonds. The fourth-order valence-corrected chi connectivity index (χ4v) is 6.95. The molecule has 21 heteroatoms. The lowest BCUT2D eigenvalue weighted by atomic mass is 9.86. The summed E-state index contributed by atoms with van der Waals surface area (Å²) in [5.74, 6) is -14.4. The van der Waals surface area contributed by atoms with Crippen LogP contribution in [0.15, 0.2) is 24.3 Å². The predicted molar refractivity (Wildman–Crippen MR) is 228 cm³/mol. The molecule has 0 unspecified atom stereocenters. The van der Waals surface area contributed by atoms with Crippen LogP contribution in [0.25, 0.3) is 0 Å². The Kier molecular flexibility index (Phi) is 21.9. The molecule has 1 aromatic rings. The highest BCUT2D eigenvalue weighted by atomic mass is 16.3. The molecule has 1 heterocycles. The maximum absolute atomic E-state index is 14.1. The van der Waals surface area contributed by atoms with Crippen LogP contribution >= 0.6 is 0 Å². The van der Waals surface area contributed by atoms with Crippen LogP contribution in [0.3, 0.4) is 0 Å². The van der Waals surface area contributed by atoms with Crippen molar-refractivity contribution in [1.29, 1.82) is 0 Å². The number of primary amides is 3. The number of hydrogen-bond acceptors (Lipinski definition) is 13. The van der Waals surface area contributed by atoms with Crippen LogP contribution < -0.4 is 43.8 Å². The van der Waals surface area contributed by atoms with E-state index in [4.69, 9.17) is 17.2 Å². The number of carbonyl (C=O) groups is 12. The molecule has 1 aliphatic rings. The van der Waals surface area contributed by atoms with Gasteiger partial charge in [0, 0.05) is 62.2 Å². The van der Waals surface area contributed by atoms with Crippen molar-refractivity contribution in [2.24, 2.45) is 46.8 Å². The van der Waals surface area contributed by atoms with E-state index in [1.807, 2.05) is 0 Å². The highest BCUT2D eigenvalue weighted by Gasteiger charge is 2.36. The number of phenolic OH excluding ortho intramolecular Hbond substituents is 1. The second-order valence-electron chi connectivity index (χ2n) is 16.5. The van der Waals surface area contributed by atoms with Crippen molar-refractivity contribution < 1.29 is 62.6 Å². The summed E-state index contributed by atoms with van der Waals surface area (Å²) in [6.45, 7) is 5.20. The summed E-state index contributed by atoms with van der Waals surface area (Å²) in [4.78, 5) is 157. The number of nitrogens with one attached hydrogen (secondary N) is 5. The Morgan fingerprint density at radius 2 is 1.45 bits per heavy atom. The number of rotatable bonds is 17. The molecule has 0 saturated carbocycles. The van der Waals surface area contributed by atoms with Crippen LogP contribution in [-0.4, -0.2) is 107 Å². The van der Waals surface area contributed by atoms with E-state index in [1.165, 1.54) is 26.0 Å². The number of benzene rings is 1. The van der Waals surface area contributed by atoms with Gasteiger partial charge in [0.2, 0.25) is 47.3 Å². The number of Topliss-reactive ketones (excluding diaryl/α,β-unsaturated/α-hetero) is 4. The van der Waals surface area contributed by atoms with Crippen molar-refractivity contribution >= 4 is 70.4 Å². The van der Waals surface area contributed by atoms with E-state index in [0.717, 1.165) is 0 Å². The van der Waals surface area contributed by atoms with Crippen molar-refractivity contribution in [3.8, 4) is 5.75 Å². The Bertz CT molecular complexity index is 1920. The van der Waals surface area contributed by atoms with Gasteiger partial charge in [0.25, 0.3) is 0 Å². The van der Waals surface area contributed by atoms with Crippen molar-refractivity contribution in [1.82, 2.24) is 26.6 Å². The highest BCUT2D eigenvalue weighted by molar-refractivity contribution is 5.99. The van der Waals surface area contributed by atoms with E-state index >= 15 is 0 Å². The standard InChI is InChI=1S/C43H62N8O13/c1-5-22(2)39-34(56)18-26(8-12-35(44)57)42(63)50-31(19-36(45)58)33(55)17-27(41(62)49-24(4)32(54)14-23(3)40(61)48-21-37(46)59)9-13-38(60)47-20-30(53)16-28(43(64)51-39)15-25-6-10-29(52)11-7-25/h6-7,10-11,22-24,26-28,31,39,52H,5,8-9,12-21H2,1-4H3,(H2,44,57)(H2,45,58)(H2,46,59)(H,47,60)(H,48,61)(H,49,62)(H,50,63)(H,51,64)/t22-,23+,24-,26+,27+,28+,31-,39-/m0/s1. The first-order valence-corrected chi connectivity index (χ1v) is 21.2. The molecule has 1 aromatic carbocycles. The van der Waals surface area contributed by atoms with Gasteiger partial charge in [-0.25, -0.2) is 0 Å². The second-order valence-corrected chi connectivity index (χ2v) is 16.5. The molecule has 0 bridgehead atoms. The van der Waals surface area contributed by atoms with Gasteiger partial charge in [0.1, 0.15) is 5.75 Å². The molecule has 0 aliphatic carbocycles. The van der Waals surface area contributed by atoms with Gasteiger partial charge in [0.05, 0.1) is 37.6 Å². The number of ketones is 4. The molecule has 0 spiro atoms. The first kappa shape index (κ1) is 53.6. The summed E-state index contributed by atoms with van der Waals surface area (Å²) in [6, 6.07) is 1.83. The van der Waals surface area contributed by atoms with Crippen molar-refractivity contribution in [2.45, 2.75) is 116 Å². The van der Waals surface area contributed by atoms with E-state index in [1.54, 1.807) is 26.0 Å². The monoisotopic (exact) mass is 898 g/mol. The minimum Gasteiger partial charge on any atom is -0.508 e. The van der Waals surface area contributed by atoms with Gasteiger partial charge in [-0.3, -0.25) is 57.5 Å². The Morgan fingerprint density at radius 1 is 0.812 bits per heavy atom. The molecular formula is C43H62N8O13. The summed E-state index contributed by atoms with van der Waals surface area (Å²) < 4.78 is 0. The smallest absolute Gasteiger partial charge is 0.236 e. The van der Waals surface area contributed by atoms with Crippen LogP contribution in [0.4, 0.5) is 0 Å². The van der Waals surface area contributed by atoms with E-state index in [9.17, 15) is 62.6 Å². The Labute approximate surface area is 370 Å². The predicted octanol–water partition coefficient (Wildman–Crippen LogP) is -1.57.